The molecule has 0 amide bonds. The van der Waals surface area contributed by atoms with Gasteiger partial charge in [0.15, 0.2) is 5.78 Å². The van der Waals surface area contributed by atoms with Crippen LogP contribution in [0.1, 0.15) is 36.0 Å². The van der Waals surface area contributed by atoms with E-state index in [4.69, 9.17) is 5.11 Å². The summed E-state index contributed by atoms with van der Waals surface area (Å²) in [6.45, 7) is 3.12. The van der Waals surface area contributed by atoms with Gasteiger partial charge >= 0.3 is 0 Å². The lowest BCUT2D eigenvalue weighted by Crippen LogP contribution is -3.00. The third kappa shape index (κ3) is 4.31. The highest BCUT2D eigenvalue weighted by molar-refractivity contribution is 5.96. The average molecular weight is 269 g/mol. The summed E-state index contributed by atoms with van der Waals surface area (Å²) in [5.41, 5.74) is 0.694. The Labute approximate surface area is 114 Å². The second kappa shape index (κ2) is 7.39. The molecule has 1 fully saturated rings. The van der Waals surface area contributed by atoms with E-state index in [0.717, 1.165) is 19.6 Å². The lowest BCUT2D eigenvalue weighted by Gasteiger charge is -2.25. The maximum Gasteiger partial charge on any atom is 0.164 e. The van der Waals surface area contributed by atoms with Gasteiger partial charge in [0, 0.05) is 18.5 Å². The van der Waals surface area contributed by atoms with Gasteiger partial charge in [-0.25, -0.2) is 0 Å². The van der Waals surface area contributed by atoms with E-state index in [1.165, 1.54) is 19.3 Å². The van der Waals surface area contributed by atoms with Gasteiger partial charge in [-0.1, -0.05) is 6.42 Å². The van der Waals surface area contributed by atoms with E-state index in [0.29, 0.717) is 12.0 Å². The van der Waals surface area contributed by atoms with E-state index in [1.807, 2.05) is 0 Å². The van der Waals surface area contributed by atoms with Crippen LogP contribution in [-0.2, 0) is 0 Å². The first-order chi connectivity index (χ1) is 8.25. The standard InChI is InChI=1S/C14H19NO2.ClH/c16-13-6-4-12(5-7-13)14(17)8-11-15-9-2-1-3-10-15;/h4-7,16H,1-3,8-11H2;1H/p-1. The SMILES string of the molecule is O=C(CCN1CCCCC1)c1ccc(O)cc1.[Cl-]. The Balaban J connectivity index is 0.00000162. The topological polar surface area (TPSA) is 40.5 Å². The monoisotopic (exact) mass is 268 g/mol. The third-order valence-corrected chi connectivity index (χ3v) is 3.29. The highest BCUT2D eigenvalue weighted by atomic mass is 35.5. The van der Waals surface area contributed by atoms with Gasteiger partial charge in [0.25, 0.3) is 0 Å². The molecular weight excluding hydrogens is 250 g/mol. The third-order valence-electron chi connectivity index (χ3n) is 3.29. The van der Waals surface area contributed by atoms with E-state index in [9.17, 15) is 4.79 Å². The quantitative estimate of drug-likeness (QED) is 0.746. The van der Waals surface area contributed by atoms with Crippen LogP contribution in [0.2, 0.25) is 0 Å². The lowest BCUT2D eigenvalue weighted by atomic mass is 10.1. The molecule has 2 rings (SSSR count). The Kier molecular flexibility index (Phi) is 6.16. The molecule has 1 heterocycles. The number of piperidine rings is 1. The summed E-state index contributed by atoms with van der Waals surface area (Å²) in [6.07, 6.45) is 4.41. The maximum absolute atomic E-state index is 11.9. The fraction of sp³-hybridized carbons (Fsp3) is 0.500. The number of benzene rings is 1. The van der Waals surface area contributed by atoms with Crippen LogP contribution in [0.25, 0.3) is 0 Å². The Morgan fingerprint density at radius 2 is 1.72 bits per heavy atom. The Morgan fingerprint density at radius 3 is 2.33 bits per heavy atom. The summed E-state index contributed by atoms with van der Waals surface area (Å²) in [5.74, 6) is 0.369. The number of phenols is 1. The minimum atomic E-state index is 0. The van der Waals surface area contributed by atoms with Crippen molar-refractivity contribution in [3.05, 3.63) is 29.8 Å². The smallest absolute Gasteiger partial charge is 0.164 e. The molecular formula is C14H19ClNO2-. The number of aromatic hydroxyl groups is 1. The van der Waals surface area contributed by atoms with Gasteiger partial charge in [0.2, 0.25) is 0 Å². The second-order valence-corrected chi connectivity index (χ2v) is 4.62. The van der Waals surface area contributed by atoms with Crippen LogP contribution in [-0.4, -0.2) is 35.4 Å². The highest BCUT2D eigenvalue weighted by Crippen LogP contribution is 2.13. The highest BCUT2D eigenvalue weighted by Gasteiger charge is 2.12. The fourth-order valence-corrected chi connectivity index (χ4v) is 2.23. The fourth-order valence-electron chi connectivity index (χ4n) is 2.23. The zero-order valence-electron chi connectivity index (χ0n) is 10.4. The number of rotatable bonds is 4. The Morgan fingerprint density at radius 1 is 1.11 bits per heavy atom. The molecule has 3 nitrogen and oxygen atoms in total. The number of hydrogen-bond acceptors (Lipinski definition) is 3. The van der Waals surface area contributed by atoms with Crippen molar-refractivity contribution in [3.8, 4) is 5.75 Å². The summed E-state index contributed by atoms with van der Waals surface area (Å²) in [4.78, 5) is 14.3. The molecule has 0 spiro atoms. The number of nitrogens with zero attached hydrogens (tertiary/aromatic N) is 1. The van der Waals surface area contributed by atoms with Crippen LogP contribution >= 0.6 is 0 Å². The summed E-state index contributed by atoms with van der Waals surface area (Å²) in [7, 11) is 0. The molecule has 0 aromatic heterocycles. The van der Waals surface area contributed by atoms with Crippen molar-refractivity contribution in [2.24, 2.45) is 0 Å². The van der Waals surface area contributed by atoms with E-state index in [-0.39, 0.29) is 23.9 Å². The van der Waals surface area contributed by atoms with Crippen molar-refractivity contribution in [2.75, 3.05) is 19.6 Å². The molecule has 1 aliphatic heterocycles. The molecule has 0 aliphatic carbocycles. The number of ketones is 1. The van der Waals surface area contributed by atoms with Gasteiger partial charge in [-0.15, -0.1) is 0 Å². The van der Waals surface area contributed by atoms with Crippen molar-refractivity contribution in [1.82, 2.24) is 4.90 Å². The predicted molar refractivity (Wildman–Crippen MR) is 67.3 cm³/mol. The molecule has 4 heteroatoms. The molecule has 1 saturated heterocycles. The first-order valence-electron chi connectivity index (χ1n) is 6.30. The number of Topliss-reactive ketones (excluding diaryl/α,β-unsaturated/α-hetero) is 1. The molecule has 100 valence electrons. The predicted octanol–water partition coefficient (Wildman–Crippen LogP) is -0.545. The van der Waals surface area contributed by atoms with Crippen LogP contribution < -0.4 is 12.4 Å². The molecule has 1 N–H and O–H groups in total. The summed E-state index contributed by atoms with van der Waals surface area (Å²) >= 11 is 0. The van der Waals surface area contributed by atoms with Crippen molar-refractivity contribution >= 4 is 5.78 Å². The Bertz CT molecular complexity index is 372. The molecule has 0 atom stereocenters. The van der Waals surface area contributed by atoms with E-state index in [1.54, 1.807) is 24.3 Å². The first kappa shape index (κ1) is 15.0. The molecule has 0 radical (unpaired) electrons. The minimum absolute atomic E-state index is 0. The molecule has 1 aromatic rings. The van der Waals surface area contributed by atoms with Crippen molar-refractivity contribution in [2.45, 2.75) is 25.7 Å². The lowest BCUT2D eigenvalue weighted by molar-refractivity contribution is -0.0000127. The van der Waals surface area contributed by atoms with Gasteiger partial charge < -0.3 is 22.4 Å². The van der Waals surface area contributed by atoms with Crippen molar-refractivity contribution in [1.29, 1.82) is 0 Å². The van der Waals surface area contributed by atoms with Crippen LogP contribution in [0.5, 0.6) is 5.75 Å². The molecule has 1 aliphatic rings. The largest absolute Gasteiger partial charge is 1.00 e. The molecule has 1 aromatic carbocycles. The average Bonchev–Trinajstić information content (AvgIpc) is 2.38. The maximum atomic E-state index is 11.9. The number of hydrogen-bond donors (Lipinski definition) is 1. The van der Waals surface area contributed by atoms with Crippen LogP contribution in [0.15, 0.2) is 24.3 Å². The number of carbonyl (C=O) groups is 1. The second-order valence-electron chi connectivity index (χ2n) is 4.62. The first-order valence-corrected chi connectivity index (χ1v) is 6.30. The number of likely N-dealkylation sites (tertiary alicyclic amines) is 1. The van der Waals surface area contributed by atoms with Gasteiger partial charge in [-0.3, -0.25) is 4.79 Å². The molecule has 0 unspecified atom stereocenters. The van der Waals surface area contributed by atoms with Crippen molar-refractivity contribution < 1.29 is 22.3 Å². The number of carbonyl (C=O) groups excluding carboxylic acids is 1. The van der Waals surface area contributed by atoms with Gasteiger partial charge in [-0.05, 0) is 50.2 Å². The number of phenolic OH excluding ortho intramolecular Hbond substituents is 1. The molecule has 0 saturated carbocycles. The summed E-state index contributed by atoms with van der Waals surface area (Å²) < 4.78 is 0. The molecule has 0 bridgehead atoms. The van der Waals surface area contributed by atoms with Crippen LogP contribution in [0, 0.1) is 0 Å². The van der Waals surface area contributed by atoms with Gasteiger partial charge in [0.05, 0.1) is 0 Å². The minimum Gasteiger partial charge on any atom is -1.00 e. The van der Waals surface area contributed by atoms with E-state index < -0.39 is 0 Å². The number of halogens is 1. The van der Waals surface area contributed by atoms with E-state index >= 15 is 0 Å². The van der Waals surface area contributed by atoms with E-state index in [2.05, 4.69) is 4.90 Å². The zero-order valence-corrected chi connectivity index (χ0v) is 11.2. The summed E-state index contributed by atoms with van der Waals surface area (Å²) in [5, 5.41) is 9.15. The molecule has 18 heavy (non-hydrogen) atoms. The Hall–Kier alpha value is -1.06. The van der Waals surface area contributed by atoms with Crippen LogP contribution in [0.4, 0.5) is 0 Å². The van der Waals surface area contributed by atoms with Gasteiger partial charge in [0.1, 0.15) is 5.75 Å². The van der Waals surface area contributed by atoms with Gasteiger partial charge in [-0.2, -0.15) is 0 Å². The normalized spacial score (nSPS) is 16.0. The zero-order chi connectivity index (χ0) is 12.1. The van der Waals surface area contributed by atoms with Crippen LogP contribution in [0.3, 0.4) is 0 Å². The van der Waals surface area contributed by atoms with Crippen molar-refractivity contribution in [3.63, 3.8) is 0 Å². The summed E-state index contributed by atoms with van der Waals surface area (Å²) in [6, 6.07) is 6.50.